The van der Waals surface area contributed by atoms with Gasteiger partial charge in [-0.1, -0.05) is 80.8 Å². The normalized spacial score (nSPS) is 16.3. The van der Waals surface area contributed by atoms with Gasteiger partial charge in [-0.2, -0.15) is 0 Å². The number of nitrogens with zero attached hydrogens (tertiary/aromatic N) is 1. The maximum absolute atomic E-state index is 12.1. The molecular weight excluding hydrogens is 564 g/mol. The number of carbonyl (C=O) groups is 2. The van der Waals surface area contributed by atoms with Crippen molar-refractivity contribution in [3.63, 3.8) is 0 Å². The first-order valence-corrected chi connectivity index (χ1v) is 16.4. The maximum atomic E-state index is 12.1. The second-order valence-electron chi connectivity index (χ2n) is 12.2. The van der Waals surface area contributed by atoms with Crippen LogP contribution in [0.25, 0.3) is 0 Å². The Labute approximate surface area is 273 Å². The SMILES string of the molecule is C=C(CCCC)C1(C)CC=C(C)CN1.CCCOC(=O)CC(=O)Cc1ccc(C(C)c2ccc(C)cc2)n1C.COCCOC. The number of aryl methyl sites for hydroxylation is 1. The van der Waals surface area contributed by atoms with Gasteiger partial charge < -0.3 is 24.1 Å². The number of carbonyl (C=O) groups excluding carboxylic acids is 2. The first-order chi connectivity index (χ1) is 21.4. The highest BCUT2D eigenvalue weighted by atomic mass is 16.5. The zero-order valence-corrected chi connectivity index (χ0v) is 29.6. The van der Waals surface area contributed by atoms with Crippen LogP contribution < -0.4 is 5.32 Å². The number of methoxy groups -OCH3 is 2. The number of aromatic nitrogens is 1. The Bertz CT molecular complexity index is 1190. The summed E-state index contributed by atoms with van der Waals surface area (Å²) in [5.41, 5.74) is 7.52. The molecule has 0 saturated carbocycles. The van der Waals surface area contributed by atoms with E-state index in [9.17, 15) is 9.59 Å². The van der Waals surface area contributed by atoms with Crippen molar-refractivity contribution in [2.45, 2.75) is 97.9 Å². The molecule has 1 aliphatic heterocycles. The van der Waals surface area contributed by atoms with Crippen molar-refractivity contribution in [3.05, 3.63) is 82.7 Å². The van der Waals surface area contributed by atoms with E-state index in [0.29, 0.717) is 19.8 Å². The fraction of sp³-hybridized carbons (Fsp3) is 0.579. The highest BCUT2D eigenvalue weighted by Crippen LogP contribution is 2.28. The van der Waals surface area contributed by atoms with E-state index in [0.717, 1.165) is 37.2 Å². The number of ether oxygens (including phenoxy) is 3. The molecule has 45 heavy (non-hydrogen) atoms. The molecule has 2 unspecified atom stereocenters. The summed E-state index contributed by atoms with van der Waals surface area (Å²) in [4.78, 5) is 23.7. The van der Waals surface area contributed by atoms with Crippen LogP contribution in [0.4, 0.5) is 0 Å². The van der Waals surface area contributed by atoms with Gasteiger partial charge in [0.05, 0.1) is 19.8 Å². The predicted molar refractivity (Wildman–Crippen MR) is 186 cm³/mol. The van der Waals surface area contributed by atoms with Gasteiger partial charge in [-0.15, -0.1) is 0 Å². The minimum absolute atomic E-state index is 0.114. The van der Waals surface area contributed by atoms with Crippen molar-refractivity contribution in [2.75, 3.05) is 40.6 Å². The van der Waals surface area contributed by atoms with Crippen LogP contribution in [0.3, 0.4) is 0 Å². The van der Waals surface area contributed by atoms with Crippen LogP contribution in [-0.2, 0) is 37.3 Å². The average molecular weight is 625 g/mol. The van der Waals surface area contributed by atoms with Crippen molar-refractivity contribution in [1.82, 2.24) is 9.88 Å². The van der Waals surface area contributed by atoms with Crippen molar-refractivity contribution in [1.29, 1.82) is 0 Å². The fourth-order valence-corrected chi connectivity index (χ4v) is 4.86. The third kappa shape index (κ3) is 14.8. The van der Waals surface area contributed by atoms with Crippen LogP contribution >= 0.6 is 0 Å². The Kier molecular flexibility index (Phi) is 19.3. The summed E-state index contributed by atoms with van der Waals surface area (Å²) in [7, 11) is 5.27. The van der Waals surface area contributed by atoms with Gasteiger partial charge in [-0.05, 0) is 64.2 Å². The van der Waals surface area contributed by atoms with Crippen LogP contribution in [0.5, 0.6) is 0 Å². The number of hydrogen-bond donors (Lipinski definition) is 1. The smallest absolute Gasteiger partial charge is 0.313 e. The first-order valence-electron chi connectivity index (χ1n) is 16.4. The third-order valence-corrected chi connectivity index (χ3v) is 8.19. The third-order valence-electron chi connectivity index (χ3n) is 8.19. The van der Waals surface area contributed by atoms with Gasteiger partial charge in [0.25, 0.3) is 0 Å². The molecule has 2 atom stereocenters. The number of nitrogens with one attached hydrogen (secondary N) is 1. The second-order valence-corrected chi connectivity index (χ2v) is 12.2. The molecule has 0 fully saturated rings. The van der Waals surface area contributed by atoms with Crippen LogP contribution in [0.15, 0.2) is 60.2 Å². The minimum Gasteiger partial charge on any atom is -0.465 e. The Morgan fingerprint density at radius 3 is 2.18 bits per heavy atom. The molecule has 0 radical (unpaired) electrons. The Morgan fingerprint density at radius 1 is 1.00 bits per heavy atom. The lowest BCUT2D eigenvalue weighted by atomic mass is 9.83. The molecule has 1 aromatic heterocycles. The molecule has 0 aliphatic carbocycles. The fourth-order valence-electron chi connectivity index (χ4n) is 4.86. The van der Waals surface area contributed by atoms with E-state index in [-0.39, 0.29) is 30.1 Å². The zero-order chi connectivity index (χ0) is 33.8. The van der Waals surface area contributed by atoms with Gasteiger partial charge in [-0.25, -0.2) is 0 Å². The van der Waals surface area contributed by atoms with E-state index in [2.05, 4.69) is 97.0 Å². The monoisotopic (exact) mass is 624 g/mol. The highest BCUT2D eigenvalue weighted by Gasteiger charge is 2.27. The lowest BCUT2D eigenvalue weighted by Gasteiger charge is -2.36. The van der Waals surface area contributed by atoms with E-state index in [1.807, 2.05) is 20.0 Å². The molecule has 7 nitrogen and oxygen atoms in total. The summed E-state index contributed by atoms with van der Waals surface area (Å²) >= 11 is 0. The topological polar surface area (TPSA) is 78.8 Å². The van der Waals surface area contributed by atoms with E-state index >= 15 is 0 Å². The van der Waals surface area contributed by atoms with Gasteiger partial charge in [0.2, 0.25) is 0 Å². The molecule has 1 N–H and O–H groups in total. The number of esters is 1. The summed E-state index contributed by atoms with van der Waals surface area (Å²) in [6.07, 6.45) is 7.97. The molecule has 7 heteroatoms. The molecule has 0 amide bonds. The van der Waals surface area contributed by atoms with Crippen LogP contribution in [-0.4, -0.2) is 62.4 Å². The van der Waals surface area contributed by atoms with E-state index in [1.54, 1.807) is 14.2 Å². The summed E-state index contributed by atoms with van der Waals surface area (Å²) < 4.78 is 16.3. The number of hydrogen-bond acceptors (Lipinski definition) is 6. The van der Waals surface area contributed by atoms with Crippen molar-refractivity contribution >= 4 is 11.8 Å². The van der Waals surface area contributed by atoms with Crippen molar-refractivity contribution < 1.29 is 23.8 Å². The molecule has 1 aromatic carbocycles. The molecular formula is C38H60N2O5. The van der Waals surface area contributed by atoms with Crippen LogP contribution in [0, 0.1) is 6.92 Å². The number of rotatable bonds is 15. The van der Waals surface area contributed by atoms with Gasteiger partial charge in [0, 0.05) is 57.1 Å². The summed E-state index contributed by atoms with van der Waals surface area (Å²) in [5.74, 6) is -0.310. The molecule has 1 aliphatic rings. The Hall–Kier alpha value is -3.00. The van der Waals surface area contributed by atoms with Crippen LogP contribution in [0.1, 0.15) is 102 Å². The molecule has 3 rings (SSSR count). The number of benzene rings is 1. The summed E-state index contributed by atoms with van der Waals surface area (Å²) in [5, 5.41) is 3.59. The van der Waals surface area contributed by atoms with Crippen LogP contribution in [0.2, 0.25) is 0 Å². The molecule has 0 saturated heterocycles. The predicted octanol–water partition coefficient (Wildman–Crippen LogP) is 7.65. The Morgan fingerprint density at radius 2 is 1.64 bits per heavy atom. The summed E-state index contributed by atoms with van der Waals surface area (Å²) in [6.45, 7) is 19.8. The number of Topliss-reactive ketones (excluding diaryl/α,β-unsaturated/α-hetero) is 1. The van der Waals surface area contributed by atoms with E-state index in [4.69, 9.17) is 4.74 Å². The zero-order valence-electron chi connectivity index (χ0n) is 29.6. The molecule has 252 valence electrons. The van der Waals surface area contributed by atoms with Crippen molar-refractivity contribution in [2.24, 2.45) is 7.05 Å². The standard InChI is InChI=1S/C21H27NO3.C13H23N.C4H10O2/c1-5-12-25-21(24)14-19(23)13-18-10-11-20(22(18)4)16(3)17-8-6-15(2)7-9-17;1-5-6-7-12(3)13(4)9-8-11(2)10-14-13;1-5-3-4-6-2/h6-11,16H,5,12-14H2,1-4H3;8,14H,3,5-7,9-10H2,1-2,4H3;3-4H2,1-2H3. The lowest BCUT2D eigenvalue weighted by molar-refractivity contribution is -0.145. The lowest BCUT2D eigenvalue weighted by Crippen LogP contribution is -2.46. The van der Waals surface area contributed by atoms with Gasteiger partial charge in [0.15, 0.2) is 0 Å². The molecule has 0 spiro atoms. The molecule has 2 heterocycles. The van der Waals surface area contributed by atoms with Gasteiger partial charge in [0.1, 0.15) is 12.2 Å². The van der Waals surface area contributed by atoms with Gasteiger partial charge in [-0.3, -0.25) is 9.59 Å². The maximum Gasteiger partial charge on any atom is 0.313 e. The quantitative estimate of drug-likeness (QED) is 0.0949. The second kappa shape index (κ2) is 21.7. The molecule has 0 bridgehead atoms. The van der Waals surface area contributed by atoms with E-state index in [1.165, 1.54) is 35.1 Å². The average Bonchev–Trinajstić information content (AvgIpc) is 3.38. The number of unbranched alkanes of at least 4 members (excludes halogenated alkanes) is 1. The minimum atomic E-state index is -0.436. The molecule has 2 aromatic rings. The first kappa shape index (κ1) is 40.0. The summed E-state index contributed by atoms with van der Waals surface area (Å²) in [6, 6.07) is 12.5. The van der Waals surface area contributed by atoms with Crippen molar-refractivity contribution in [3.8, 4) is 0 Å². The highest BCUT2D eigenvalue weighted by molar-refractivity contribution is 5.96. The van der Waals surface area contributed by atoms with Gasteiger partial charge >= 0.3 is 5.97 Å². The Balaban J connectivity index is 0.000000423. The largest absolute Gasteiger partial charge is 0.465 e. The van der Waals surface area contributed by atoms with E-state index < -0.39 is 5.97 Å². The number of ketones is 1.